The van der Waals surface area contributed by atoms with Gasteiger partial charge in [0.15, 0.2) is 0 Å². The molecule has 0 atom stereocenters. The molecule has 3 rings (SSSR count). The second-order valence-corrected chi connectivity index (χ2v) is 4.37. The summed E-state index contributed by atoms with van der Waals surface area (Å²) in [5.41, 5.74) is 3.91. The van der Waals surface area contributed by atoms with E-state index in [-0.39, 0.29) is 0 Å². The topological polar surface area (TPSA) is 24.8 Å². The normalized spacial score (nSPS) is 20.0. The summed E-state index contributed by atoms with van der Waals surface area (Å²) in [6.07, 6.45) is 2.98. The fourth-order valence-electron chi connectivity index (χ4n) is 2.29. The van der Waals surface area contributed by atoms with Crippen LogP contribution in [-0.4, -0.2) is 37.4 Å². The molecule has 3 nitrogen and oxygen atoms in total. The highest BCUT2D eigenvalue weighted by atomic mass is 16.5. The van der Waals surface area contributed by atoms with Crippen LogP contribution in [0.5, 0.6) is 0 Å². The maximum Gasteiger partial charge on any atom is 0.0661 e. The fraction of sp³-hybridized carbons (Fsp3) is 0.462. The van der Waals surface area contributed by atoms with Crippen molar-refractivity contribution in [2.45, 2.75) is 13.0 Å². The Morgan fingerprint density at radius 3 is 3.00 bits per heavy atom. The van der Waals surface area contributed by atoms with E-state index in [2.05, 4.69) is 28.1 Å². The largest absolute Gasteiger partial charge is 0.379 e. The van der Waals surface area contributed by atoms with E-state index in [9.17, 15) is 0 Å². The third kappa shape index (κ3) is 2.01. The van der Waals surface area contributed by atoms with Crippen LogP contribution in [0, 0.1) is 0 Å². The minimum Gasteiger partial charge on any atom is -0.379 e. The Balaban J connectivity index is 1.70. The Kier molecular flexibility index (Phi) is 2.72. The highest BCUT2D eigenvalue weighted by molar-refractivity contribution is 5.75. The summed E-state index contributed by atoms with van der Waals surface area (Å²) in [6.45, 7) is 4.87. The predicted octanol–water partition coefficient (Wildman–Crippen LogP) is 1.78. The molecule has 2 aliphatic rings. The Bertz CT molecular complexity index is 408. The minimum absolute atomic E-state index is 0.869. The molecule has 84 valence electrons. The van der Waals surface area contributed by atoms with Gasteiger partial charge in [0.1, 0.15) is 0 Å². The molecular formula is C13H16N2O. The van der Waals surface area contributed by atoms with Gasteiger partial charge in [0.2, 0.25) is 0 Å². The summed E-state index contributed by atoms with van der Waals surface area (Å²) in [7, 11) is 0. The van der Waals surface area contributed by atoms with Crippen molar-refractivity contribution in [2.75, 3.05) is 26.3 Å². The first-order chi connectivity index (χ1) is 7.92. The van der Waals surface area contributed by atoms with Crippen LogP contribution in [0.3, 0.4) is 0 Å². The van der Waals surface area contributed by atoms with Crippen LogP contribution in [0.4, 0.5) is 5.69 Å². The van der Waals surface area contributed by atoms with Crippen molar-refractivity contribution in [1.82, 2.24) is 4.90 Å². The number of rotatable bonds is 2. The van der Waals surface area contributed by atoms with Crippen LogP contribution in [0.25, 0.3) is 0 Å². The second kappa shape index (κ2) is 4.36. The second-order valence-electron chi connectivity index (χ2n) is 4.37. The van der Waals surface area contributed by atoms with E-state index in [0.717, 1.165) is 45.0 Å². The molecule has 0 radical (unpaired) electrons. The molecule has 1 aromatic rings. The Hall–Kier alpha value is -1.19. The van der Waals surface area contributed by atoms with Crippen molar-refractivity contribution in [2.24, 2.45) is 4.99 Å². The fourth-order valence-corrected chi connectivity index (χ4v) is 2.29. The number of hydrogen-bond acceptors (Lipinski definition) is 3. The molecule has 0 unspecified atom stereocenters. The number of ether oxygens (including phenoxy) is 1. The Morgan fingerprint density at radius 2 is 2.12 bits per heavy atom. The number of nitrogens with zero attached hydrogens (tertiary/aromatic N) is 2. The van der Waals surface area contributed by atoms with Crippen molar-refractivity contribution in [1.29, 1.82) is 0 Å². The Morgan fingerprint density at radius 1 is 1.25 bits per heavy atom. The minimum atomic E-state index is 0.869. The average Bonchev–Trinajstić information content (AvgIpc) is 2.77. The first-order valence-corrected chi connectivity index (χ1v) is 5.86. The molecule has 0 aliphatic carbocycles. The number of fused-ring (bicyclic) bond motifs is 1. The van der Waals surface area contributed by atoms with E-state index in [1.165, 1.54) is 11.1 Å². The first kappa shape index (κ1) is 10.00. The monoisotopic (exact) mass is 216 g/mol. The van der Waals surface area contributed by atoms with E-state index < -0.39 is 0 Å². The third-order valence-corrected chi connectivity index (χ3v) is 3.20. The van der Waals surface area contributed by atoms with E-state index in [1.807, 2.05) is 6.21 Å². The highest BCUT2D eigenvalue weighted by Crippen LogP contribution is 2.25. The van der Waals surface area contributed by atoms with Gasteiger partial charge in [-0.15, -0.1) is 0 Å². The lowest BCUT2D eigenvalue weighted by Gasteiger charge is -2.26. The molecular weight excluding hydrogens is 200 g/mol. The van der Waals surface area contributed by atoms with Crippen LogP contribution < -0.4 is 0 Å². The summed E-state index contributed by atoms with van der Waals surface area (Å²) in [4.78, 5) is 6.77. The van der Waals surface area contributed by atoms with Gasteiger partial charge in [0.25, 0.3) is 0 Å². The zero-order chi connectivity index (χ0) is 10.8. The van der Waals surface area contributed by atoms with Gasteiger partial charge in [-0.05, 0) is 17.2 Å². The lowest BCUT2D eigenvalue weighted by molar-refractivity contribution is 0.0342. The smallest absolute Gasteiger partial charge is 0.0661 e. The van der Waals surface area contributed by atoms with Crippen molar-refractivity contribution in [3.8, 4) is 0 Å². The number of aliphatic imine (C=N–C) groups is 1. The maximum atomic E-state index is 5.35. The molecule has 0 saturated carbocycles. The van der Waals surface area contributed by atoms with Crippen LogP contribution in [0.15, 0.2) is 23.2 Å². The summed E-state index contributed by atoms with van der Waals surface area (Å²) in [6, 6.07) is 6.61. The Labute approximate surface area is 95.7 Å². The van der Waals surface area contributed by atoms with Gasteiger partial charge in [0, 0.05) is 32.3 Å². The molecule has 2 aliphatic heterocycles. The molecule has 0 N–H and O–H groups in total. The molecule has 2 heterocycles. The number of hydrogen-bond donors (Lipinski definition) is 0. The summed E-state index contributed by atoms with van der Waals surface area (Å²) in [5, 5.41) is 0. The average molecular weight is 216 g/mol. The van der Waals surface area contributed by atoms with Crippen LogP contribution in [0.1, 0.15) is 11.1 Å². The highest BCUT2D eigenvalue weighted by Gasteiger charge is 2.12. The third-order valence-electron chi connectivity index (χ3n) is 3.20. The van der Waals surface area contributed by atoms with Crippen LogP contribution >= 0.6 is 0 Å². The molecule has 0 spiro atoms. The van der Waals surface area contributed by atoms with E-state index in [4.69, 9.17) is 4.74 Å². The standard InChI is InChI=1S/C13H16N2O/c1-2-13-12(3-4-14-13)9-11(1)10-15-5-7-16-8-6-15/h1-2,4,9H,3,5-8,10H2. The van der Waals surface area contributed by atoms with Gasteiger partial charge in [-0.2, -0.15) is 0 Å². The van der Waals surface area contributed by atoms with Gasteiger partial charge >= 0.3 is 0 Å². The summed E-state index contributed by atoms with van der Waals surface area (Å²) < 4.78 is 5.35. The first-order valence-electron chi connectivity index (χ1n) is 5.86. The molecule has 16 heavy (non-hydrogen) atoms. The van der Waals surface area contributed by atoms with E-state index in [0.29, 0.717) is 0 Å². The molecule has 0 bridgehead atoms. The lowest BCUT2D eigenvalue weighted by Crippen LogP contribution is -2.35. The molecule has 1 saturated heterocycles. The van der Waals surface area contributed by atoms with Gasteiger partial charge in [0.05, 0.1) is 18.9 Å². The van der Waals surface area contributed by atoms with Gasteiger partial charge in [-0.3, -0.25) is 9.89 Å². The van der Waals surface area contributed by atoms with Crippen molar-refractivity contribution < 1.29 is 4.74 Å². The van der Waals surface area contributed by atoms with Gasteiger partial charge in [-0.25, -0.2) is 0 Å². The zero-order valence-corrected chi connectivity index (χ0v) is 9.35. The molecule has 1 fully saturated rings. The van der Waals surface area contributed by atoms with Crippen LogP contribution in [0.2, 0.25) is 0 Å². The van der Waals surface area contributed by atoms with Crippen LogP contribution in [-0.2, 0) is 17.7 Å². The molecule has 0 aromatic heterocycles. The van der Waals surface area contributed by atoms with Gasteiger partial charge in [-0.1, -0.05) is 12.1 Å². The van der Waals surface area contributed by atoms with Crippen molar-refractivity contribution >= 4 is 11.9 Å². The predicted molar refractivity (Wildman–Crippen MR) is 64.4 cm³/mol. The van der Waals surface area contributed by atoms with E-state index >= 15 is 0 Å². The molecule has 1 aromatic carbocycles. The molecule has 3 heteroatoms. The lowest BCUT2D eigenvalue weighted by atomic mass is 10.1. The SMILES string of the molecule is C1=Nc2ccc(CN3CCOCC3)cc2C1. The van der Waals surface area contributed by atoms with Gasteiger partial charge < -0.3 is 4.74 Å². The quantitative estimate of drug-likeness (QED) is 0.752. The van der Waals surface area contributed by atoms with Crippen molar-refractivity contribution in [3.63, 3.8) is 0 Å². The summed E-state index contributed by atoms with van der Waals surface area (Å²) >= 11 is 0. The number of benzene rings is 1. The zero-order valence-electron chi connectivity index (χ0n) is 9.35. The number of morpholine rings is 1. The summed E-state index contributed by atoms with van der Waals surface area (Å²) in [5.74, 6) is 0. The van der Waals surface area contributed by atoms with Crippen molar-refractivity contribution in [3.05, 3.63) is 29.3 Å². The van der Waals surface area contributed by atoms with E-state index in [1.54, 1.807) is 0 Å². The maximum absolute atomic E-state index is 5.35. The molecule has 0 amide bonds.